The molecule has 0 saturated heterocycles. The van der Waals surface area contributed by atoms with Crippen LogP contribution in [0.4, 0.5) is 8.78 Å². The third-order valence-corrected chi connectivity index (χ3v) is 4.32. The fourth-order valence-electron chi connectivity index (χ4n) is 1.70. The lowest BCUT2D eigenvalue weighted by Gasteiger charge is -2.08. The Hall–Kier alpha value is -1.50. The lowest BCUT2D eigenvalue weighted by molar-refractivity contribution is 0.562. The van der Waals surface area contributed by atoms with Crippen molar-refractivity contribution in [3.63, 3.8) is 0 Å². The van der Waals surface area contributed by atoms with Crippen LogP contribution in [0.2, 0.25) is 5.02 Å². The molecule has 0 aromatic heterocycles. The fourth-order valence-corrected chi connectivity index (χ4v) is 2.94. The molecule has 0 spiro atoms. The Kier molecular flexibility index (Phi) is 4.92. The van der Waals surface area contributed by atoms with Gasteiger partial charge in [-0.15, -0.1) is 0 Å². The Labute approximate surface area is 126 Å². The Balaban J connectivity index is 2.02. The van der Waals surface area contributed by atoms with Gasteiger partial charge in [-0.1, -0.05) is 29.8 Å². The van der Waals surface area contributed by atoms with Gasteiger partial charge in [-0.25, -0.2) is 21.9 Å². The van der Waals surface area contributed by atoms with E-state index in [1.165, 1.54) is 6.07 Å². The van der Waals surface area contributed by atoms with Gasteiger partial charge in [0.2, 0.25) is 10.0 Å². The third-order valence-electron chi connectivity index (χ3n) is 2.77. The average Bonchev–Trinajstić information content (AvgIpc) is 2.40. The molecule has 2 rings (SSSR count). The van der Waals surface area contributed by atoms with E-state index in [-0.39, 0.29) is 17.9 Å². The highest BCUT2D eigenvalue weighted by Crippen LogP contribution is 2.13. The topological polar surface area (TPSA) is 46.2 Å². The van der Waals surface area contributed by atoms with Gasteiger partial charge in [-0.05, 0) is 23.8 Å². The quantitative estimate of drug-likeness (QED) is 0.914. The largest absolute Gasteiger partial charge is 0.216 e. The number of benzene rings is 2. The Morgan fingerprint density at radius 2 is 1.71 bits per heavy atom. The number of nitrogens with one attached hydrogen (secondary N) is 1. The van der Waals surface area contributed by atoms with Crippen molar-refractivity contribution in [2.75, 3.05) is 0 Å². The molecule has 0 fully saturated rings. The van der Waals surface area contributed by atoms with Crippen molar-refractivity contribution >= 4 is 21.6 Å². The van der Waals surface area contributed by atoms with Gasteiger partial charge in [0.15, 0.2) is 0 Å². The molecule has 0 saturated carbocycles. The average molecular weight is 332 g/mol. The summed E-state index contributed by atoms with van der Waals surface area (Å²) in [5.41, 5.74) is 0.641. The van der Waals surface area contributed by atoms with Crippen LogP contribution in [0.1, 0.15) is 11.1 Å². The Morgan fingerprint density at radius 3 is 2.33 bits per heavy atom. The van der Waals surface area contributed by atoms with Gasteiger partial charge in [-0.2, -0.15) is 0 Å². The summed E-state index contributed by atoms with van der Waals surface area (Å²) in [4.78, 5) is 0. The predicted molar refractivity (Wildman–Crippen MR) is 77.3 cm³/mol. The summed E-state index contributed by atoms with van der Waals surface area (Å²) in [7, 11) is -3.63. The molecule has 7 heteroatoms. The molecule has 0 radical (unpaired) electrons. The molecule has 0 heterocycles. The summed E-state index contributed by atoms with van der Waals surface area (Å²) >= 11 is 5.72. The molecule has 0 bridgehead atoms. The molecule has 0 atom stereocenters. The first-order valence-electron chi connectivity index (χ1n) is 6.01. The summed E-state index contributed by atoms with van der Waals surface area (Å²) in [6, 6.07) is 9.36. The number of halogens is 3. The second kappa shape index (κ2) is 6.51. The van der Waals surface area contributed by atoms with Crippen LogP contribution in [-0.2, 0) is 22.3 Å². The van der Waals surface area contributed by atoms with Crippen molar-refractivity contribution in [2.45, 2.75) is 12.3 Å². The molecule has 112 valence electrons. The van der Waals surface area contributed by atoms with E-state index in [0.29, 0.717) is 16.7 Å². The van der Waals surface area contributed by atoms with Crippen LogP contribution in [0.5, 0.6) is 0 Å². The zero-order chi connectivity index (χ0) is 15.5. The molecule has 2 aromatic carbocycles. The SMILES string of the molecule is O=S(=O)(Cc1ccc(Cl)cc1)NCc1ccc(F)cc1F. The van der Waals surface area contributed by atoms with Crippen LogP contribution in [0, 0.1) is 11.6 Å². The molecule has 1 N–H and O–H groups in total. The summed E-state index contributed by atoms with van der Waals surface area (Å²) < 4.78 is 52.2. The van der Waals surface area contributed by atoms with Crippen LogP contribution < -0.4 is 4.72 Å². The van der Waals surface area contributed by atoms with Gasteiger partial charge >= 0.3 is 0 Å². The highest BCUT2D eigenvalue weighted by Gasteiger charge is 2.13. The zero-order valence-corrected chi connectivity index (χ0v) is 12.4. The van der Waals surface area contributed by atoms with Crippen LogP contribution in [0.15, 0.2) is 42.5 Å². The minimum Gasteiger partial charge on any atom is -0.212 e. The number of sulfonamides is 1. The number of rotatable bonds is 5. The van der Waals surface area contributed by atoms with E-state index >= 15 is 0 Å². The number of hydrogen-bond acceptors (Lipinski definition) is 2. The first-order valence-corrected chi connectivity index (χ1v) is 8.04. The normalized spacial score (nSPS) is 11.6. The van der Waals surface area contributed by atoms with E-state index in [9.17, 15) is 17.2 Å². The Morgan fingerprint density at radius 1 is 1.05 bits per heavy atom. The molecular weight excluding hydrogens is 320 g/mol. The highest BCUT2D eigenvalue weighted by atomic mass is 35.5. The van der Waals surface area contributed by atoms with E-state index in [0.717, 1.165) is 6.07 Å². The van der Waals surface area contributed by atoms with E-state index in [4.69, 9.17) is 11.6 Å². The van der Waals surface area contributed by atoms with Gasteiger partial charge < -0.3 is 0 Å². The summed E-state index contributed by atoms with van der Waals surface area (Å²) in [5.74, 6) is -1.74. The van der Waals surface area contributed by atoms with Crippen LogP contribution in [0.3, 0.4) is 0 Å². The lowest BCUT2D eigenvalue weighted by Crippen LogP contribution is -2.25. The van der Waals surface area contributed by atoms with Crippen molar-refractivity contribution in [3.05, 3.63) is 70.2 Å². The maximum absolute atomic E-state index is 13.4. The highest BCUT2D eigenvalue weighted by molar-refractivity contribution is 7.88. The number of hydrogen-bond donors (Lipinski definition) is 1. The van der Waals surface area contributed by atoms with Gasteiger partial charge in [0.05, 0.1) is 5.75 Å². The molecule has 0 unspecified atom stereocenters. The molecular formula is C14H12ClF2NO2S. The minimum atomic E-state index is -3.63. The van der Waals surface area contributed by atoms with Crippen LogP contribution >= 0.6 is 11.6 Å². The smallest absolute Gasteiger partial charge is 0.212 e. The maximum Gasteiger partial charge on any atom is 0.216 e. The zero-order valence-electron chi connectivity index (χ0n) is 10.8. The monoisotopic (exact) mass is 331 g/mol. The molecule has 0 aliphatic heterocycles. The molecule has 0 aliphatic carbocycles. The first kappa shape index (κ1) is 15.9. The second-order valence-electron chi connectivity index (χ2n) is 4.44. The fraction of sp³-hybridized carbons (Fsp3) is 0.143. The van der Waals surface area contributed by atoms with Gasteiger partial charge in [0.1, 0.15) is 11.6 Å². The van der Waals surface area contributed by atoms with Gasteiger partial charge in [0.25, 0.3) is 0 Å². The molecule has 21 heavy (non-hydrogen) atoms. The molecule has 3 nitrogen and oxygen atoms in total. The van der Waals surface area contributed by atoms with Gasteiger partial charge in [0, 0.05) is 23.2 Å². The Bertz CT molecular complexity index is 733. The van der Waals surface area contributed by atoms with Crippen LogP contribution in [-0.4, -0.2) is 8.42 Å². The summed E-state index contributed by atoms with van der Waals surface area (Å²) in [6.07, 6.45) is 0. The van der Waals surface area contributed by atoms with Crippen molar-refractivity contribution in [2.24, 2.45) is 0 Å². The van der Waals surface area contributed by atoms with Crippen molar-refractivity contribution in [1.29, 1.82) is 0 Å². The summed E-state index contributed by atoms with van der Waals surface area (Å²) in [6.45, 7) is -0.234. The predicted octanol–water partition coefficient (Wildman–Crippen LogP) is 3.24. The second-order valence-corrected chi connectivity index (χ2v) is 6.69. The van der Waals surface area contributed by atoms with E-state index in [1.807, 2.05) is 0 Å². The van der Waals surface area contributed by atoms with Crippen molar-refractivity contribution in [3.8, 4) is 0 Å². The minimum absolute atomic E-state index is 0.0797. The lowest BCUT2D eigenvalue weighted by atomic mass is 10.2. The molecule has 0 aliphatic rings. The van der Waals surface area contributed by atoms with Crippen LogP contribution in [0.25, 0.3) is 0 Å². The first-order chi connectivity index (χ1) is 9.85. The third kappa shape index (κ3) is 4.77. The van der Waals surface area contributed by atoms with E-state index < -0.39 is 21.7 Å². The maximum atomic E-state index is 13.4. The molecule has 2 aromatic rings. The van der Waals surface area contributed by atoms with Crippen molar-refractivity contribution in [1.82, 2.24) is 4.72 Å². The van der Waals surface area contributed by atoms with Gasteiger partial charge in [-0.3, -0.25) is 0 Å². The van der Waals surface area contributed by atoms with E-state index in [2.05, 4.69) is 4.72 Å². The molecule has 0 amide bonds. The standard InChI is InChI=1S/C14H12ClF2NO2S/c15-12-4-1-10(2-5-12)9-21(19,20)18-8-11-3-6-13(16)7-14(11)17/h1-7,18H,8-9H2. The summed E-state index contributed by atoms with van der Waals surface area (Å²) in [5, 5.41) is 0.512. The van der Waals surface area contributed by atoms with Crippen molar-refractivity contribution < 1.29 is 17.2 Å². The van der Waals surface area contributed by atoms with E-state index in [1.54, 1.807) is 24.3 Å².